The molecule has 0 aromatic heterocycles. The highest BCUT2D eigenvalue weighted by molar-refractivity contribution is 5.73. The van der Waals surface area contributed by atoms with Crippen LogP contribution >= 0.6 is 0 Å². The van der Waals surface area contributed by atoms with Crippen molar-refractivity contribution in [3.63, 3.8) is 0 Å². The number of primary amides is 1. The van der Waals surface area contributed by atoms with E-state index < -0.39 is 0 Å². The lowest BCUT2D eigenvalue weighted by molar-refractivity contribution is -0.118. The van der Waals surface area contributed by atoms with Crippen molar-refractivity contribution in [3.05, 3.63) is 53.6 Å². The lowest BCUT2D eigenvalue weighted by Gasteiger charge is -2.37. The van der Waals surface area contributed by atoms with Gasteiger partial charge in [0.05, 0.1) is 32.1 Å². The van der Waals surface area contributed by atoms with Crippen LogP contribution in [0.3, 0.4) is 0 Å². The first-order valence-corrected chi connectivity index (χ1v) is 13.3. The van der Waals surface area contributed by atoms with Gasteiger partial charge in [0, 0.05) is 45.2 Å². The summed E-state index contributed by atoms with van der Waals surface area (Å²) >= 11 is 0. The summed E-state index contributed by atoms with van der Waals surface area (Å²) in [6, 6.07) is 15.0. The molecule has 2 aromatic carbocycles. The van der Waals surface area contributed by atoms with Crippen LogP contribution in [0.4, 0.5) is 5.69 Å². The molecule has 1 amide bonds. The highest BCUT2D eigenvalue weighted by Gasteiger charge is 2.32. The Morgan fingerprint density at radius 3 is 2.76 bits per heavy atom. The summed E-state index contributed by atoms with van der Waals surface area (Å²) in [6.07, 6.45) is 4.11. The number of anilines is 1. The standard InChI is InChI=1S/C29H41N3O5/c1-34-15-4-13-32-14-16-36-27-12-7-21(17-26(27)32)20-37-28-19-31-23(5-3-6-29(30)33)18-25(28)22-8-10-24(35-2)11-9-22/h7-12,17,23,25,28,31H,3-6,13-16,18-20H2,1-2H3,(H2,30,33)/t23-,25-,28+/m1/s1. The Hall–Kier alpha value is -2.81. The van der Waals surface area contributed by atoms with Crippen molar-refractivity contribution < 1.29 is 23.7 Å². The van der Waals surface area contributed by atoms with Gasteiger partial charge in [-0.25, -0.2) is 0 Å². The van der Waals surface area contributed by atoms with Crippen LogP contribution in [-0.4, -0.2) is 65.1 Å². The number of fused-ring (bicyclic) bond motifs is 1. The van der Waals surface area contributed by atoms with Gasteiger partial charge in [-0.2, -0.15) is 0 Å². The minimum absolute atomic E-state index is 0.0332. The molecule has 0 unspecified atom stereocenters. The minimum atomic E-state index is -0.239. The second-order valence-corrected chi connectivity index (χ2v) is 9.91. The zero-order chi connectivity index (χ0) is 26.0. The molecule has 0 bridgehead atoms. The molecule has 37 heavy (non-hydrogen) atoms. The molecule has 8 heteroatoms. The molecule has 3 N–H and O–H groups in total. The molecule has 0 aliphatic carbocycles. The molecule has 202 valence electrons. The zero-order valence-electron chi connectivity index (χ0n) is 22.1. The molecule has 3 atom stereocenters. The van der Waals surface area contributed by atoms with Gasteiger partial charge in [-0.1, -0.05) is 18.2 Å². The number of nitrogens with zero attached hydrogens (tertiary/aromatic N) is 1. The fraction of sp³-hybridized carbons (Fsp3) is 0.552. The van der Waals surface area contributed by atoms with E-state index in [0.717, 1.165) is 74.7 Å². The molecular weight excluding hydrogens is 470 g/mol. The Morgan fingerprint density at radius 2 is 2.00 bits per heavy atom. The summed E-state index contributed by atoms with van der Waals surface area (Å²) in [5.74, 6) is 1.79. The number of piperidine rings is 1. The third kappa shape index (κ3) is 7.60. The van der Waals surface area contributed by atoms with Crippen molar-refractivity contribution >= 4 is 11.6 Å². The van der Waals surface area contributed by atoms with Gasteiger partial charge in [-0.15, -0.1) is 0 Å². The number of ether oxygens (including phenoxy) is 4. The lowest BCUT2D eigenvalue weighted by Crippen LogP contribution is -2.47. The maximum absolute atomic E-state index is 11.2. The fourth-order valence-electron chi connectivity index (χ4n) is 5.33. The first-order chi connectivity index (χ1) is 18.1. The molecule has 8 nitrogen and oxygen atoms in total. The maximum Gasteiger partial charge on any atom is 0.217 e. The second kappa shape index (κ2) is 13.7. The second-order valence-electron chi connectivity index (χ2n) is 9.91. The van der Waals surface area contributed by atoms with Crippen molar-refractivity contribution in [2.24, 2.45) is 5.73 Å². The van der Waals surface area contributed by atoms with Crippen molar-refractivity contribution in [1.82, 2.24) is 5.32 Å². The summed E-state index contributed by atoms with van der Waals surface area (Å²) in [5, 5.41) is 3.65. The maximum atomic E-state index is 11.2. The van der Waals surface area contributed by atoms with Crippen LogP contribution in [0.2, 0.25) is 0 Å². The molecule has 1 fully saturated rings. The van der Waals surface area contributed by atoms with Crippen LogP contribution in [-0.2, 0) is 20.9 Å². The van der Waals surface area contributed by atoms with Crippen LogP contribution in [0, 0.1) is 0 Å². The van der Waals surface area contributed by atoms with Crippen molar-refractivity contribution in [2.45, 2.75) is 56.8 Å². The topological polar surface area (TPSA) is 95.3 Å². The van der Waals surface area contributed by atoms with Crippen molar-refractivity contribution in [1.29, 1.82) is 0 Å². The van der Waals surface area contributed by atoms with Gasteiger partial charge in [-0.05, 0) is 61.1 Å². The van der Waals surface area contributed by atoms with Crippen LogP contribution in [0.25, 0.3) is 0 Å². The summed E-state index contributed by atoms with van der Waals surface area (Å²) in [4.78, 5) is 13.6. The van der Waals surface area contributed by atoms with E-state index >= 15 is 0 Å². The van der Waals surface area contributed by atoms with Crippen molar-refractivity contribution in [2.75, 3.05) is 52.0 Å². The van der Waals surface area contributed by atoms with Crippen molar-refractivity contribution in [3.8, 4) is 11.5 Å². The number of carbonyl (C=O) groups excluding carboxylic acids is 1. The van der Waals surface area contributed by atoms with E-state index in [4.69, 9.17) is 24.7 Å². The monoisotopic (exact) mass is 511 g/mol. The van der Waals surface area contributed by atoms with Crippen LogP contribution in [0.15, 0.2) is 42.5 Å². The predicted octanol–water partition coefficient (Wildman–Crippen LogP) is 3.62. The van der Waals surface area contributed by atoms with Gasteiger partial charge >= 0.3 is 0 Å². The third-order valence-corrected chi connectivity index (χ3v) is 7.34. The molecule has 0 radical (unpaired) electrons. The molecule has 4 rings (SSSR count). The van der Waals surface area contributed by atoms with E-state index in [1.165, 1.54) is 5.56 Å². The highest BCUT2D eigenvalue weighted by atomic mass is 16.5. The third-order valence-electron chi connectivity index (χ3n) is 7.34. The summed E-state index contributed by atoms with van der Waals surface area (Å²) in [5.41, 5.74) is 8.86. The van der Waals surface area contributed by atoms with E-state index in [2.05, 4.69) is 40.5 Å². The van der Waals surface area contributed by atoms with Crippen LogP contribution in [0.5, 0.6) is 11.5 Å². The number of rotatable bonds is 13. The van der Waals surface area contributed by atoms with Crippen LogP contribution in [0.1, 0.15) is 49.1 Å². The number of nitrogens with two attached hydrogens (primary N) is 1. The molecule has 2 aliphatic rings. The zero-order valence-corrected chi connectivity index (χ0v) is 22.1. The Bertz CT molecular complexity index is 1000. The minimum Gasteiger partial charge on any atom is -0.497 e. The Morgan fingerprint density at radius 1 is 1.16 bits per heavy atom. The first-order valence-electron chi connectivity index (χ1n) is 13.3. The van der Waals surface area contributed by atoms with Gasteiger partial charge in [0.15, 0.2) is 0 Å². The van der Waals surface area contributed by atoms with Gasteiger partial charge in [0.2, 0.25) is 5.91 Å². The number of methoxy groups -OCH3 is 2. The summed E-state index contributed by atoms with van der Waals surface area (Å²) < 4.78 is 23.1. The van der Waals surface area contributed by atoms with Gasteiger partial charge < -0.3 is 34.9 Å². The molecular formula is C29H41N3O5. The van der Waals surface area contributed by atoms with E-state index in [-0.39, 0.29) is 17.9 Å². The van der Waals surface area contributed by atoms with Gasteiger partial charge in [0.25, 0.3) is 0 Å². The quantitative estimate of drug-likeness (QED) is 0.397. The first kappa shape index (κ1) is 27.2. The number of hydrogen-bond donors (Lipinski definition) is 2. The molecule has 0 spiro atoms. The number of carbonyl (C=O) groups is 1. The van der Waals surface area contributed by atoms with Crippen LogP contribution < -0.4 is 25.4 Å². The predicted molar refractivity (Wildman–Crippen MR) is 144 cm³/mol. The average Bonchev–Trinajstić information content (AvgIpc) is 2.92. The van der Waals surface area contributed by atoms with E-state index in [1.807, 2.05) is 12.1 Å². The van der Waals surface area contributed by atoms with Gasteiger partial charge in [-0.3, -0.25) is 4.79 Å². The summed E-state index contributed by atoms with van der Waals surface area (Å²) in [7, 11) is 3.42. The van der Waals surface area contributed by atoms with Gasteiger partial charge in [0.1, 0.15) is 18.1 Å². The highest BCUT2D eigenvalue weighted by Crippen LogP contribution is 2.35. The lowest BCUT2D eigenvalue weighted by atomic mass is 9.82. The smallest absolute Gasteiger partial charge is 0.217 e. The SMILES string of the molecule is COCCCN1CCOc2ccc(CO[C@H]3CN[C@H](CCCC(N)=O)C[C@@H]3c3ccc(OC)cc3)cc21. The Kier molecular flexibility index (Phi) is 10.0. The molecule has 2 aromatic rings. The Balaban J connectivity index is 1.43. The van der Waals surface area contributed by atoms with E-state index in [9.17, 15) is 4.79 Å². The number of nitrogens with one attached hydrogen (secondary N) is 1. The van der Waals surface area contributed by atoms with E-state index in [1.54, 1.807) is 14.2 Å². The largest absolute Gasteiger partial charge is 0.497 e. The molecule has 0 saturated carbocycles. The molecule has 2 aliphatic heterocycles. The Labute approximate surface area is 220 Å². The number of amides is 1. The number of hydrogen-bond acceptors (Lipinski definition) is 7. The normalized spacial score (nSPS) is 21.2. The summed E-state index contributed by atoms with van der Waals surface area (Å²) in [6.45, 7) is 4.57. The number of benzene rings is 2. The fourth-order valence-corrected chi connectivity index (χ4v) is 5.33. The molecule has 1 saturated heterocycles. The van der Waals surface area contributed by atoms with E-state index in [0.29, 0.717) is 25.7 Å². The average molecular weight is 512 g/mol. The molecule has 2 heterocycles.